The Morgan fingerprint density at radius 3 is 2.35 bits per heavy atom. The van der Waals surface area contributed by atoms with Crippen LogP contribution in [0.2, 0.25) is 0 Å². The highest BCUT2D eigenvalue weighted by molar-refractivity contribution is 8.18. The molecule has 1 unspecified atom stereocenters. The topological polar surface area (TPSA) is 104 Å². The minimum absolute atomic E-state index is 0.135. The van der Waals surface area contributed by atoms with Crippen molar-refractivity contribution in [3.8, 4) is 0 Å². The average molecular weight is 455 g/mol. The van der Waals surface area contributed by atoms with Crippen molar-refractivity contribution < 1.29 is 24.3 Å². The first-order valence-electron chi connectivity index (χ1n) is 9.47. The van der Waals surface area contributed by atoms with Gasteiger partial charge in [0.25, 0.3) is 5.91 Å². The summed E-state index contributed by atoms with van der Waals surface area (Å²) in [5, 5.41) is 11.6. The molecule has 2 aliphatic rings. The summed E-state index contributed by atoms with van der Waals surface area (Å²) in [5.74, 6) is -1.79. The van der Waals surface area contributed by atoms with Crippen LogP contribution in [0.3, 0.4) is 0 Å². The first-order chi connectivity index (χ1) is 15.0. The molecule has 1 fully saturated rings. The molecule has 4 rings (SSSR count). The second kappa shape index (κ2) is 8.99. The van der Waals surface area contributed by atoms with Gasteiger partial charge in [0.15, 0.2) is 0 Å². The fourth-order valence-electron chi connectivity index (χ4n) is 3.42. The molecule has 0 aromatic heterocycles. The van der Waals surface area contributed by atoms with E-state index in [1.54, 1.807) is 30.3 Å². The lowest BCUT2D eigenvalue weighted by Crippen LogP contribution is -2.70. The fourth-order valence-corrected chi connectivity index (χ4v) is 5.81. The Hall–Kier alpha value is -3.04. The van der Waals surface area contributed by atoms with Gasteiger partial charge in [-0.15, -0.1) is 11.8 Å². The smallest absolute Gasteiger partial charge is 0.353 e. The highest BCUT2D eigenvalue weighted by atomic mass is 32.2. The van der Waals surface area contributed by atoms with Crippen LogP contribution >= 0.6 is 23.5 Å². The summed E-state index contributed by atoms with van der Waals surface area (Å²) >= 11 is 2.16. The zero-order chi connectivity index (χ0) is 22.0. The van der Waals surface area contributed by atoms with E-state index in [1.807, 2.05) is 30.3 Å². The van der Waals surface area contributed by atoms with Gasteiger partial charge < -0.3 is 10.4 Å². The maximum Gasteiger partial charge on any atom is 0.353 e. The zero-order valence-corrected chi connectivity index (χ0v) is 17.8. The molecule has 2 N–H and O–H groups in total. The van der Waals surface area contributed by atoms with Crippen LogP contribution in [0.1, 0.15) is 15.9 Å². The van der Waals surface area contributed by atoms with E-state index in [9.17, 15) is 24.3 Å². The molecule has 2 heterocycles. The van der Waals surface area contributed by atoms with Crippen molar-refractivity contribution in [2.24, 2.45) is 0 Å². The van der Waals surface area contributed by atoms with Crippen LogP contribution in [-0.4, -0.2) is 50.1 Å². The average Bonchev–Trinajstić information content (AvgIpc) is 2.78. The van der Waals surface area contributed by atoms with Gasteiger partial charge in [-0.05, 0) is 17.3 Å². The van der Waals surface area contributed by atoms with E-state index in [1.165, 1.54) is 16.7 Å². The van der Waals surface area contributed by atoms with Gasteiger partial charge in [-0.3, -0.25) is 19.3 Å². The summed E-state index contributed by atoms with van der Waals surface area (Å²) < 4.78 is 0. The Labute approximate surface area is 186 Å². The van der Waals surface area contributed by atoms with E-state index >= 15 is 0 Å². The summed E-state index contributed by atoms with van der Waals surface area (Å²) in [6.45, 7) is 0. The van der Waals surface area contributed by atoms with Crippen molar-refractivity contribution in [3.63, 3.8) is 0 Å². The third-order valence-corrected chi connectivity index (χ3v) is 7.35. The predicted octanol–water partition coefficient (Wildman–Crippen LogP) is 2.50. The number of thioether (sulfide) groups is 2. The first kappa shape index (κ1) is 21.2. The number of fused-ring (bicyclic) bond motifs is 1. The Bertz CT molecular complexity index is 1070. The number of aliphatic carboxylic acids is 1. The Morgan fingerprint density at radius 2 is 1.71 bits per heavy atom. The number of β-lactam (4-membered cyclic amide) rings is 1. The number of nitrogens with zero attached hydrogens (tertiary/aromatic N) is 1. The number of carbonyl (C=O) groups is 4. The fraction of sp³-hybridized carbons (Fsp3) is 0.182. The molecule has 2 atom stereocenters. The molecule has 0 bridgehead atoms. The highest BCUT2D eigenvalue weighted by Gasteiger charge is 2.54. The molecule has 1 saturated heterocycles. The number of hydrogen-bond acceptors (Lipinski definition) is 6. The molecule has 0 saturated carbocycles. The molecule has 2 aliphatic heterocycles. The van der Waals surface area contributed by atoms with E-state index in [0.29, 0.717) is 10.5 Å². The van der Waals surface area contributed by atoms with Gasteiger partial charge in [-0.25, -0.2) is 4.79 Å². The van der Waals surface area contributed by atoms with Crippen LogP contribution in [0.4, 0.5) is 0 Å². The van der Waals surface area contributed by atoms with Gasteiger partial charge >= 0.3 is 5.97 Å². The normalized spacial score (nSPS) is 20.0. The minimum Gasteiger partial charge on any atom is -0.477 e. The van der Waals surface area contributed by atoms with Crippen LogP contribution in [0.5, 0.6) is 0 Å². The lowest BCUT2D eigenvalue weighted by Gasteiger charge is -2.49. The molecule has 0 spiro atoms. The molecule has 31 heavy (non-hydrogen) atoms. The largest absolute Gasteiger partial charge is 0.477 e. The number of hydrogen-bond donors (Lipinski definition) is 2. The van der Waals surface area contributed by atoms with E-state index in [4.69, 9.17) is 0 Å². The van der Waals surface area contributed by atoms with Crippen LogP contribution in [-0.2, 0) is 20.8 Å². The second-order valence-corrected chi connectivity index (χ2v) is 9.12. The van der Waals surface area contributed by atoms with Crippen molar-refractivity contribution in [2.45, 2.75) is 17.8 Å². The monoisotopic (exact) mass is 454 g/mol. The quantitative estimate of drug-likeness (QED) is 0.647. The van der Waals surface area contributed by atoms with Crippen molar-refractivity contribution in [2.75, 3.05) is 5.75 Å². The van der Waals surface area contributed by atoms with Crippen LogP contribution in [0, 0.1) is 0 Å². The predicted molar refractivity (Wildman–Crippen MR) is 118 cm³/mol. The number of amides is 2. The Balaban J connectivity index is 1.47. The van der Waals surface area contributed by atoms with Gasteiger partial charge in [0.2, 0.25) is 11.0 Å². The Kier molecular flexibility index (Phi) is 6.15. The molecule has 0 radical (unpaired) electrons. The SMILES string of the molecule is O=C(Cc1ccccc1)NC1C(=O)N2C(C(=O)O)=C(SC(=O)c3ccccc3)CS[C@@H]12. The van der Waals surface area contributed by atoms with Crippen LogP contribution in [0.25, 0.3) is 0 Å². The van der Waals surface area contributed by atoms with Crippen molar-refractivity contribution >= 4 is 46.4 Å². The second-order valence-electron chi connectivity index (χ2n) is 6.95. The van der Waals surface area contributed by atoms with E-state index < -0.39 is 23.3 Å². The van der Waals surface area contributed by atoms with E-state index in [2.05, 4.69) is 5.32 Å². The van der Waals surface area contributed by atoms with Crippen molar-refractivity contribution in [1.82, 2.24) is 10.2 Å². The highest BCUT2D eigenvalue weighted by Crippen LogP contribution is 2.44. The third-order valence-electron chi connectivity index (χ3n) is 4.89. The van der Waals surface area contributed by atoms with Crippen LogP contribution < -0.4 is 5.32 Å². The first-order valence-corrected chi connectivity index (χ1v) is 11.3. The number of carboxylic acids is 1. The zero-order valence-electron chi connectivity index (χ0n) is 16.2. The van der Waals surface area contributed by atoms with E-state index in [-0.39, 0.29) is 28.9 Å². The van der Waals surface area contributed by atoms with E-state index in [0.717, 1.165) is 17.3 Å². The Morgan fingerprint density at radius 1 is 1.06 bits per heavy atom. The molecule has 0 aliphatic carbocycles. The standard InChI is InChI=1S/C22H18N2O5S2/c25-16(11-13-7-3-1-4-8-13)23-17-19(26)24-18(21(27)28)15(12-30-20(17)24)31-22(29)14-9-5-2-6-10-14/h1-10,17,20H,11-12H2,(H,23,25)(H,27,28)/t17?,20-/m0/s1. The summed E-state index contributed by atoms with van der Waals surface area (Å²) in [6, 6.07) is 16.9. The molecule has 2 amide bonds. The number of carbonyl (C=O) groups excluding carboxylic acids is 3. The molecule has 9 heteroatoms. The maximum atomic E-state index is 12.7. The molecule has 2 aromatic rings. The third kappa shape index (κ3) is 4.38. The number of benzene rings is 2. The summed E-state index contributed by atoms with van der Waals surface area (Å²) in [5.41, 5.74) is 1.10. The van der Waals surface area contributed by atoms with Gasteiger partial charge in [0.1, 0.15) is 17.1 Å². The van der Waals surface area contributed by atoms with Gasteiger partial charge in [-0.2, -0.15) is 0 Å². The molecular weight excluding hydrogens is 436 g/mol. The molecule has 7 nitrogen and oxygen atoms in total. The summed E-state index contributed by atoms with van der Waals surface area (Å²) in [6.07, 6.45) is 0.135. The summed E-state index contributed by atoms with van der Waals surface area (Å²) in [4.78, 5) is 51.0. The number of nitrogens with one attached hydrogen (secondary N) is 1. The van der Waals surface area contributed by atoms with Crippen LogP contribution in [0.15, 0.2) is 71.3 Å². The lowest BCUT2D eigenvalue weighted by molar-refractivity contribution is -0.150. The van der Waals surface area contributed by atoms with Crippen molar-refractivity contribution in [1.29, 1.82) is 0 Å². The van der Waals surface area contributed by atoms with Gasteiger partial charge in [0, 0.05) is 16.2 Å². The maximum absolute atomic E-state index is 12.7. The lowest BCUT2D eigenvalue weighted by atomic mass is 10.0. The molecule has 158 valence electrons. The summed E-state index contributed by atoms with van der Waals surface area (Å²) in [7, 11) is 0. The minimum atomic E-state index is -1.27. The van der Waals surface area contributed by atoms with Crippen molar-refractivity contribution in [3.05, 3.63) is 82.4 Å². The molecular formula is C22H18N2O5S2. The van der Waals surface area contributed by atoms with Gasteiger partial charge in [-0.1, -0.05) is 60.7 Å². The number of carboxylic acid groups (broad SMARTS) is 1. The molecule has 2 aromatic carbocycles. The van der Waals surface area contributed by atoms with Gasteiger partial charge in [0.05, 0.1) is 6.42 Å². The number of rotatable bonds is 6.